The van der Waals surface area contributed by atoms with Gasteiger partial charge in [-0.1, -0.05) is 29.8 Å². The molecule has 0 N–H and O–H groups in total. The average Bonchev–Trinajstić information content (AvgIpc) is 2.98. The molecule has 100 valence electrons. The van der Waals surface area contributed by atoms with Crippen molar-refractivity contribution in [1.29, 1.82) is 0 Å². The zero-order valence-corrected chi connectivity index (χ0v) is 12.1. The fraction of sp³-hybridized carbons (Fsp3) is 0.500. The number of rotatable bonds is 2. The second-order valence-electron chi connectivity index (χ2n) is 6.61. The van der Waals surface area contributed by atoms with Crippen molar-refractivity contribution in [3.05, 3.63) is 47.5 Å². The Balaban J connectivity index is 2.07. The molecular weight excluding hydrogens is 234 g/mol. The van der Waals surface area contributed by atoms with Crippen LogP contribution in [0, 0.1) is 6.92 Å². The first-order chi connectivity index (χ1) is 8.93. The topological polar surface area (TPSA) is 30.7 Å². The highest BCUT2D eigenvalue weighted by atomic mass is 15.4. The first-order valence-corrected chi connectivity index (χ1v) is 6.92. The van der Waals surface area contributed by atoms with Crippen molar-refractivity contribution in [3.8, 4) is 0 Å². The van der Waals surface area contributed by atoms with Crippen LogP contribution >= 0.6 is 0 Å². The molecule has 0 amide bonds. The molecule has 0 spiro atoms. The number of benzene rings is 1. The molecule has 1 aliphatic carbocycles. The van der Waals surface area contributed by atoms with Crippen molar-refractivity contribution in [1.82, 2.24) is 14.8 Å². The summed E-state index contributed by atoms with van der Waals surface area (Å²) < 4.78 is 2.08. The molecule has 3 rings (SSSR count). The van der Waals surface area contributed by atoms with E-state index in [2.05, 4.69) is 66.7 Å². The molecule has 2 aromatic rings. The maximum absolute atomic E-state index is 4.57. The summed E-state index contributed by atoms with van der Waals surface area (Å²) in [5, 5.41) is 4.44. The van der Waals surface area contributed by atoms with Gasteiger partial charge in [0, 0.05) is 0 Å². The molecular formula is C16H21N3. The maximum Gasteiger partial charge on any atom is 0.138 e. The van der Waals surface area contributed by atoms with Crippen molar-refractivity contribution in [3.63, 3.8) is 0 Å². The molecule has 0 unspecified atom stereocenters. The normalized spacial score (nSPS) is 17.5. The van der Waals surface area contributed by atoms with E-state index in [4.69, 9.17) is 0 Å². The zero-order valence-electron chi connectivity index (χ0n) is 12.1. The van der Waals surface area contributed by atoms with E-state index in [1.54, 1.807) is 6.33 Å². The average molecular weight is 255 g/mol. The molecule has 3 heteroatoms. The summed E-state index contributed by atoms with van der Waals surface area (Å²) in [7, 11) is 0. The summed E-state index contributed by atoms with van der Waals surface area (Å²) in [6.07, 6.45) is 4.03. The highest BCUT2D eigenvalue weighted by molar-refractivity contribution is 5.40. The van der Waals surface area contributed by atoms with Crippen LogP contribution in [0.25, 0.3) is 0 Å². The minimum Gasteiger partial charge on any atom is -0.244 e. The van der Waals surface area contributed by atoms with Crippen molar-refractivity contribution in [2.75, 3.05) is 0 Å². The Kier molecular flexibility index (Phi) is 2.56. The predicted octanol–water partition coefficient (Wildman–Crippen LogP) is 3.42. The van der Waals surface area contributed by atoms with Gasteiger partial charge in [-0.3, -0.25) is 0 Å². The smallest absolute Gasteiger partial charge is 0.138 e. The van der Waals surface area contributed by atoms with E-state index in [9.17, 15) is 0 Å². The van der Waals surface area contributed by atoms with Crippen LogP contribution in [-0.2, 0) is 11.0 Å². The Morgan fingerprint density at radius 3 is 2.26 bits per heavy atom. The van der Waals surface area contributed by atoms with E-state index < -0.39 is 0 Å². The van der Waals surface area contributed by atoms with Gasteiger partial charge in [-0.05, 0) is 46.1 Å². The van der Waals surface area contributed by atoms with Gasteiger partial charge < -0.3 is 0 Å². The predicted molar refractivity (Wildman–Crippen MR) is 76.2 cm³/mol. The van der Waals surface area contributed by atoms with E-state index >= 15 is 0 Å². The third-order valence-electron chi connectivity index (χ3n) is 3.97. The number of nitrogens with zero attached hydrogens (tertiary/aromatic N) is 3. The van der Waals surface area contributed by atoms with Crippen LogP contribution in [0.3, 0.4) is 0 Å². The quantitative estimate of drug-likeness (QED) is 0.823. The molecule has 1 saturated carbocycles. The van der Waals surface area contributed by atoms with E-state index in [0.717, 1.165) is 5.82 Å². The van der Waals surface area contributed by atoms with Crippen LogP contribution in [0.2, 0.25) is 0 Å². The van der Waals surface area contributed by atoms with Crippen molar-refractivity contribution in [2.24, 2.45) is 0 Å². The van der Waals surface area contributed by atoms with Gasteiger partial charge in [-0.2, -0.15) is 5.10 Å². The van der Waals surface area contributed by atoms with Crippen molar-refractivity contribution >= 4 is 0 Å². The van der Waals surface area contributed by atoms with Crippen LogP contribution in [0.15, 0.2) is 30.6 Å². The molecule has 0 radical (unpaired) electrons. The van der Waals surface area contributed by atoms with Gasteiger partial charge in [0.2, 0.25) is 0 Å². The third kappa shape index (κ3) is 1.97. The van der Waals surface area contributed by atoms with E-state index in [1.165, 1.54) is 24.0 Å². The highest BCUT2D eigenvalue weighted by Crippen LogP contribution is 2.53. The second kappa shape index (κ2) is 3.92. The largest absolute Gasteiger partial charge is 0.244 e. The standard InChI is InChI=1S/C16H21N3/c1-12-5-7-13(8-6-12)16(9-10-16)14-17-11-18-19(14)15(2,3)4/h5-8,11H,9-10H2,1-4H3. The van der Waals surface area contributed by atoms with Gasteiger partial charge in [-0.15, -0.1) is 0 Å². The SMILES string of the molecule is Cc1ccc(C2(c3ncnn3C(C)(C)C)CC2)cc1. The van der Waals surface area contributed by atoms with Crippen LogP contribution in [-0.4, -0.2) is 14.8 Å². The summed E-state index contributed by atoms with van der Waals surface area (Å²) in [5.74, 6) is 1.11. The number of aryl methyl sites for hydroxylation is 1. The first kappa shape index (κ1) is 12.4. The summed E-state index contributed by atoms with van der Waals surface area (Å²) in [6.45, 7) is 8.66. The van der Waals surface area contributed by atoms with Gasteiger partial charge in [0.25, 0.3) is 0 Å². The second-order valence-corrected chi connectivity index (χ2v) is 6.61. The lowest BCUT2D eigenvalue weighted by molar-refractivity contribution is 0.334. The molecule has 1 aromatic heterocycles. The molecule has 1 heterocycles. The summed E-state index contributed by atoms with van der Waals surface area (Å²) in [5.41, 5.74) is 2.75. The van der Waals surface area contributed by atoms with Crippen LogP contribution in [0.4, 0.5) is 0 Å². The van der Waals surface area contributed by atoms with Crippen LogP contribution in [0.1, 0.15) is 50.6 Å². The fourth-order valence-electron chi connectivity index (χ4n) is 2.70. The molecule has 0 atom stereocenters. The lowest BCUT2D eigenvalue weighted by Gasteiger charge is -2.25. The van der Waals surface area contributed by atoms with Crippen molar-refractivity contribution < 1.29 is 0 Å². The van der Waals surface area contributed by atoms with Gasteiger partial charge in [-0.25, -0.2) is 9.67 Å². The lowest BCUT2D eigenvalue weighted by atomic mass is 9.93. The zero-order chi connectivity index (χ0) is 13.7. The lowest BCUT2D eigenvalue weighted by Crippen LogP contribution is -2.29. The maximum atomic E-state index is 4.57. The molecule has 1 fully saturated rings. The number of aromatic nitrogens is 3. The monoisotopic (exact) mass is 255 g/mol. The fourth-order valence-corrected chi connectivity index (χ4v) is 2.70. The molecule has 0 bridgehead atoms. The summed E-state index contributed by atoms with van der Waals surface area (Å²) in [4.78, 5) is 4.57. The molecule has 3 nitrogen and oxygen atoms in total. The summed E-state index contributed by atoms with van der Waals surface area (Å²) >= 11 is 0. The molecule has 19 heavy (non-hydrogen) atoms. The molecule has 1 aliphatic rings. The van der Waals surface area contributed by atoms with Crippen LogP contribution in [0.5, 0.6) is 0 Å². The molecule has 0 aliphatic heterocycles. The Hall–Kier alpha value is -1.64. The summed E-state index contributed by atoms with van der Waals surface area (Å²) in [6, 6.07) is 8.86. The highest BCUT2D eigenvalue weighted by Gasteiger charge is 2.50. The third-order valence-corrected chi connectivity index (χ3v) is 3.97. The van der Waals surface area contributed by atoms with Gasteiger partial charge in [0.05, 0.1) is 11.0 Å². The van der Waals surface area contributed by atoms with E-state index in [1.807, 2.05) is 0 Å². The van der Waals surface area contributed by atoms with Gasteiger partial charge >= 0.3 is 0 Å². The Bertz CT molecular complexity index is 583. The van der Waals surface area contributed by atoms with E-state index in [-0.39, 0.29) is 11.0 Å². The Morgan fingerprint density at radius 1 is 1.11 bits per heavy atom. The van der Waals surface area contributed by atoms with Crippen LogP contribution < -0.4 is 0 Å². The minimum absolute atomic E-state index is 0.0217. The first-order valence-electron chi connectivity index (χ1n) is 6.92. The number of hydrogen-bond acceptors (Lipinski definition) is 2. The minimum atomic E-state index is -0.0217. The number of hydrogen-bond donors (Lipinski definition) is 0. The van der Waals surface area contributed by atoms with Gasteiger partial charge in [0.1, 0.15) is 12.2 Å². The molecule has 0 saturated heterocycles. The van der Waals surface area contributed by atoms with Crippen molar-refractivity contribution in [2.45, 2.75) is 51.5 Å². The Morgan fingerprint density at radius 2 is 1.74 bits per heavy atom. The Labute approximate surface area is 114 Å². The van der Waals surface area contributed by atoms with Gasteiger partial charge in [0.15, 0.2) is 0 Å². The van der Waals surface area contributed by atoms with E-state index in [0.29, 0.717) is 0 Å². The molecule has 1 aromatic carbocycles.